The van der Waals surface area contributed by atoms with Crippen molar-refractivity contribution < 1.29 is 17.8 Å². The number of nitrogens with one attached hydrogen (secondary N) is 1. The van der Waals surface area contributed by atoms with Gasteiger partial charge in [-0.05, 0) is 43.2 Å². The quantitative estimate of drug-likeness (QED) is 0.881. The minimum atomic E-state index is -2.78. The maximum Gasteiger partial charge on any atom is 0.248 e. The van der Waals surface area contributed by atoms with Crippen LogP contribution < -0.4 is 10.5 Å². The predicted octanol–water partition coefficient (Wildman–Crippen LogP) is 2.46. The molecule has 0 saturated heterocycles. The zero-order valence-electron chi connectivity index (χ0n) is 12.5. The molecule has 2 aliphatic rings. The molecule has 3 rings (SSSR count). The molecule has 0 spiro atoms. The molecule has 8 heteroatoms. The van der Waals surface area contributed by atoms with Gasteiger partial charge in [0.15, 0.2) is 0 Å². The Morgan fingerprint density at radius 3 is 2.78 bits per heavy atom. The number of carbonyl (C=O) groups is 1. The van der Waals surface area contributed by atoms with E-state index in [0.29, 0.717) is 18.0 Å². The zero-order valence-corrected chi connectivity index (χ0v) is 13.3. The number of halogens is 2. The summed E-state index contributed by atoms with van der Waals surface area (Å²) in [5, 5.41) is 8.05. The predicted molar refractivity (Wildman–Crippen MR) is 82.0 cm³/mol. The van der Waals surface area contributed by atoms with Gasteiger partial charge < -0.3 is 5.32 Å². The monoisotopic (exact) mass is 343 g/mol. The van der Waals surface area contributed by atoms with E-state index in [9.17, 15) is 17.8 Å². The number of nitrogens with two attached hydrogens (primary N) is 1. The van der Waals surface area contributed by atoms with E-state index in [-0.39, 0.29) is 17.4 Å². The molecule has 2 aliphatic carbocycles. The largest absolute Gasteiger partial charge is 0.326 e. The average Bonchev–Trinajstić information content (AvgIpc) is 3.31. The van der Waals surface area contributed by atoms with Gasteiger partial charge in [0.1, 0.15) is 16.0 Å². The van der Waals surface area contributed by atoms with Crippen LogP contribution in [0.15, 0.2) is 23.4 Å². The molecule has 1 heterocycles. The molecule has 1 amide bonds. The summed E-state index contributed by atoms with van der Waals surface area (Å²) in [5.41, 5.74) is 0.377. The summed E-state index contributed by atoms with van der Waals surface area (Å²) in [6, 6.07) is 2.93. The lowest BCUT2D eigenvalue weighted by Crippen LogP contribution is -2.40. The van der Waals surface area contributed by atoms with Crippen molar-refractivity contribution in [3.8, 4) is 0 Å². The third-order valence-corrected chi connectivity index (χ3v) is 5.29. The molecule has 0 bridgehead atoms. The van der Waals surface area contributed by atoms with E-state index in [2.05, 4.69) is 10.3 Å². The van der Waals surface area contributed by atoms with Crippen LogP contribution in [0.3, 0.4) is 0 Å². The van der Waals surface area contributed by atoms with Crippen molar-refractivity contribution >= 4 is 22.6 Å². The third-order valence-electron chi connectivity index (χ3n) is 4.65. The first kappa shape index (κ1) is 16.4. The molecule has 3 N–H and O–H groups in total. The number of hydrogen-bond acceptors (Lipinski definition) is 3. The van der Waals surface area contributed by atoms with Gasteiger partial charge in [-0.1, -0.05) is 0 Å². The Bertz CT molecular complexity index is 637. The van der Waals surface area contributed by atoms with E-state index in [4.69, 9.17) is 5.14 Å². The van der Waals surface area contributed by atoms with Crippen molar-refractivity contribution in [3.05, 3.63) is 18.3 Å². The zero-order chi connectivity index (χ0) is 16.6. The topological polar surface area (TPSA) is 85.1 Å². The van der Waals surface area contributed by atoms with E-state index >= 15 is 0 Å². The Morgan fingerprint density at radius 2 is 2.13 bits per heavy atom. The van der Waals surface area contributed by atoms with Crippen molar-refractivity contribution in [2.75, 3.05) is 5.32 Å². The van der Waals surface area contributed by atoms with Crippen LogP contribution in [-0.4, -0.2) is 21.0 Å². The summed E-state index contributed by atoms with van der Waals surface area (Å²) in [4.78, 5) is 16.3. The molecule has 1 aromatic heterocycles. The van der Waals surface area contributed by atoms with Crippen molar-refractivity contribution in [1.82, 2.24) is 4.98 Å². The smallest absolute Gasteiger partial charge is 0.248 e. The molecule has 0 aromatic carbocycles. The average molecular weight is 343 g/mol. The summed E-state index contributed by atoms with van der Waals surface area (Å²) in [7, 11) is -1.76. The maximum absolute atomic E-state index is 13.7. The van der Waals surface area contributed by atoms with E-state index in [1.54, 1.807) is 0 Å². The second-order valence-electron chi connectivity index (χ2n) is 6.38. The van der Waals surface area contributed by atoms with E-state index < -0.39 is 35.2 Å². The Labute approximate surface area is 135 Å². The fraction of sp³-hybridized carbons (Fsp3) is 0.600. The first-order chi connectivity index (χ1) is 10.9. The molecule has 23 heavy (non-hydrogen) atoms. The van der Waals surface area contributed by atoms with Crippen LogP contribution >= 0.6 is 0 Å². The minimum absolute atomic E-state index is 0.0274. The molecule has 1 aromatic rings. The number of hydrogen-bond donors (Lipinski definition) is 2. The lowest BCUT2D eigenvalue weighted by molar-refractivity contribution is -0.132. The fourth-order valence-electron chi connectivity index (χ4n) is 3.36. The van der Waals surface area contributed by atoms with Gasteiger partial charge in [0.2, 0.25) is 11.8 Å². The lowest BCUT2D eigenvalue weighted by atomic mass is 9.74. The summed E-state index contributed by atoms with van der Waals surface area (Å²) >= 11 is 0. The Hall–Kier alpha value is -1.41. The Morgan fingerprint density at radius 1 is 1.39 bits per heavy atom. The Kier molecular flexibility index (Phi) is 4.46. The van der Waals surface area contributed by atoms with E-state index in [0.717, 1.165) is 12.8 Å². The summed E-state index contributed by atoms with van der Waals surface area (Å²) in [6.07, 6.45) is 3.27. The van der Waals surface area contributed by atoms with E-state index in [1.807, 2.05) is 0 Å². The SMILES string of the molecule is NS(=O)c1cc(NC(=O)[C@@H]2CC(F)(F)CCC2C2CC2)ccn1. The highest BCUT2D eigenvalue weighted by atomic mass is 32.2. The lowest BCUT2D eigenvalue weighted by Gasteiger charge is -2.35. The van der Waals surface area contributed by atoms with Crippen molar-refractivity contribution in [3.63, 3.8) is 0 Å². The molecular formula is C15H19F2N3O2S. The maximum atomic E-state index is 13.7. The minimum Gasteiger partial charge on any atom is -0.326 e. The van der Waals surface area contributed by atoms with Crippen LogP contribution in [0.1, 0.15) is 32.1 Å². The Balaban J connectivity index is 1.74. The number of alkyl halides is 2. The number of aromatic nitrogens is 1. The molecule has 3 atom stereocenters. The van der Waals surface area contributed by atoms with Crippen LogP contribution in [-0.2, 0) is 15.8 Å². The highest BCUT2D eigenvalue weighted by molar-refractivity contribution is 7.82. The van der Waals surface area contributed by atoms with Crippen molar-refractivity contribution in [2.45, 2.75) is 43.1 Å². The number of rotatable bonds is 4. The van der Waals surface area contributed by atoms with Gasteiger partial charge >= 0.3 is 0 Å². The van der Waals surface area contributed by atoms with Gasteiger partial charge in [0.05, 0.1) is 0 Å². The van der Waals surface area contributed by atoms with Crippen LogP contribution in [0.25, 0.3) is 0 Å². The number of pyridine rings is 1. The van der Waals surface area contributed by atoms with Gasteiger partial charge in [-0.2, -0.15) is 0 Å². The van der Waals surface area contributed by atoms with Crippen molar-refractivity contribution in [2.24, 2.45) is 22.9 Å². The summed E-state index contributed by atoms with van der Waals surface area (Å²) in [5.74, 6) is -3.45. The third kappa shape index (κ3) is 3.92. The van der Waals surface area contributed by atoms with Crippen LogP contribution in [0, 0.1) is 17.8 Å². The van der Waals surface area contributed by atoms with Gasteiger partial charge in [-0.25, -0.2) is 23.1 Å². The molecule has 126 valence electrons. The van der Waals surface area contributed by atoms with Crippen LogP contribution in [0.4, 0.5) is 14.5 Å². The standard InChI is InChI=1S/C15H19F2N3O2S/c16-15(17)5-3-11(9-1-2-9)12(8-15)14(21)20-10-4-6-19-13(7-10)23(18)22/h4,6-7,9,11-12H,1-3,5,8,18H2,(H,19,20,21)/t11?,12-,23?/m1/s1. The van der Waals surface area contributed by atoms with Gasteiger partial charge in [0, 0.05) is 30.6 Å². The number of carbonyl (C=O) groups excluding carboxylic acids is 1. The first-order valence-corrected chi connectivity index (χ1v) is 8.88. The van der Waals surface area contributed by atoms with Gasteiger partial charge in [-0.15, -0.1) is 0 Å². The second-order valence-corrected chi connectivity index (χ2v) is 7.39. The summed E-state index contributed by atoms with van der Waals surface area (Å²) in [6.45, 7) is 0. The molecule has 2 fully saturated rings. The number of amides is 1. The van der Waals surface area contributed by atoms with E-state index in [1.165, 1.54) is 18.3 Å². The molecule has 2 unspecified atom stereocenters. The second kappa shape index (κ2) is 6.24. The number of anilines is 1. The molecule has 5 nitrogen and oxygen atoms in total. The van der Waals surface area contributed by atoms with Gasteiger partial charge in [0.25, 0.3) is 0 Å². The summed E-state index contributed by atoms with van der Waals surface area (Å²) < 4.78 is 38.7. The molecule has 2 saturated carbocycles. The fourth-order valence-corrected chi connectivity index (χ4v) is 3.77. The number of nitrogens with zero attached hydrogens (tertiary/aromatic N) is 1. The van der Waals surface area contributed by atoms with Crippen molar-refractivity contribution in [1.29, 1.82) is 0 Å². The normalized spacial score (nSPS) is 28.1. The van der Waals surface area contributed by atoms with Gasteiger partial charge in [-0.3, -0.25) is 4.79 Å². The molecule has 0 radical (unpaired) electrons. The first-order valence-electron chi connectivity index (χ1n) is 7.67. The van der Waals surface area contributed by atoms with Crippen LogP contribution in [0.2, 0.25) is 0 Å². The van der Waals surface area contributed by atoms with Crippen LogP contribution in [0.5, 0.6) is 0 Å². The highest BCUT2D eigenvalue weighted by Crippen LogP contribution is 2.50. The molecule has 0 aliphatic heterocycles. The molecular weight excluding hydrogens is 324 g/mol. The highest BCUT2D eigenvalue weighted by Gasteiger charge is 2.49.